The maximum absolute atomic E-state index is 13.8. The Balaban J connectivity index is 1.58. The first-order valence-electron chi connectivity index (χ1n) is 11.6. The van der Waals surface area contributed by atoms with Crippen LogP contribution in [-0.4, -0.2) is 53.6 Å². The lowest BCUT2D eigenvalue weighted by Crippen LogP contribution is -2.47. The molecule has 0 bridgehead atoms. The van der Waals surface area contributed by atoms with Crippen LogP contribution in [0, 0.1) is 17.2 Å². The monoisotopic (exact) mass is 520 g/mol. The van der Waals surface area contributed by atoms with Crippen molar-refractivity contribution in [2.24, 2.45) is 11.7 Å². The molecular formula is C26H25ClF4N4O. The van der Waals surface area contributed by atoms with Gasteiger partial charge in [-0.15, -0.1) is 0 Å². The van der Waals surface area contributed by atoms with Gasteiger partial charge in [0.1, 0.15) is 5.83 Å². The van der Waals surface area contributed by atoms with Gasteiger partial charge in [-0.3, -0.25) is 9.69 Å². The van der Waals surface area contributed by atoms with Gasteiger partial charge in [-0.1, -0.05) is 29.8 Å². The third-order valence-corrected chi connectivity index (χ3v) is 7.24. The Hall–Kier alpha value is -3.09. The Bertz CT molecular complexity index is 1200. The lowest BCUT2D eigenvalue weighted by atomic mass is 9.88. The van der Waals surface area contributed by atoms with Crippen molar-refractivity contribution in [2.75, 3.05) is 19.6 Å². The van der Waals surface area contributed by atoms with E-state index in [4.69, 9.17) is 22.6 Å². The van der Waals surface area contributed by atoms with Gasteiger partial charge in [0.15, 0.2) is 0 Å². The zero-order valence-electron chi connectivity index (χ0n) is 19.3. The van der Waals surface area contributed by atoms with E-state index in [2.05, 4.69) is 0 Å². The fourth-order valence-corrected chi connectivity index (χ4v) is 5.15. The molecule has 10 heteroatoms. The Labute approximate surface area is 211 Å². The lowest BCUT2D eigenvalue weighted by molar-refractivity contribution is -0.166. The number of allylic oxidation sites excluding steroid dienone is 4. The van der Waals surface area contributed by atoms with Gasteiger partial charge in [-0.2, -0.15) is 18.4 Å². The highest BCUT2D eigenvalue weighted by atomic mass is 35.5. The summed E-state index contributed by atoms with van der Waals surface area (Å²) in [5.74, 6) is -2.96. The molecule has 1 amide bonds. The molecule has 0 spiro atoms. The summed E-state index contributed by atoms with van der Waals surface area (Å²) in [4.78, 5) is 16.6. The third kappa shape index (κ3) is 5.66. The first-order valence-corrected chi connectivity index (χ1v) is 11.9. The quantitative estimate of drug-likeness (QED) is 0.543. The van der Waals surface area contributed by atoms with Crippen LogP contribution in [0.1, 0.15) is 35.2 Å². The summed E-state index contributed by atoms with van der Waals surface area (Å²) in [6.45, 7) is 0.657. The Morgan fingerprint density at radius 2 is 2.06 bits per heavy atom. The molecule has 3 atom stereocenters. The molecule has 2 unspecified atom stereocenters. The predicted octanol–water partition coefficient (Wildman–Crippen LogP) is 5.17. The van der Waals surface area contributed by atoms with Gasteiger partial charge < -0.3 is 10.6 Å². The standard InChI is InChI=1S/C26H25ClF4N4O/c27-23-12-20(6-7-24(23)33)35(14-18-4-5-19(28)11-22(18)26(29,30)31)21-8-9-34(15-21)25(36)17-3-1-2-16(10-17)13-32/h1-7,10,20-22H,8-9,11-12,14-15,33H2/t20?,21-,22?/m0/s1. The molecule has 1 aromatic carbocycles. The van der Waals surface area contributed by atoms with Gasteiger partial charge in [0.05, 0.1) is 17.6 Å². The van der Waals surface area contributed by atoms with Gasteiger partial charge in [0.2, 0.25) is 0 Å². The highest BCUT2D eigenvalue weighted by molar-refractivity contribution is 6.30. The smallest absolute Gasteiger partial charge is 0.395 e. The van der Waals surface area contributed by atoms with Crippen LogP contribution in [0.5, 0.6) is 0 Å². The summed E-state index contributed by atoms with van der Waals surface area (Å²) in [6, 6.07) is 7.82. The van der Waals surface area contributed by atoms with Gasteiger partial charge in [0, 0.05) is 60.9 Å². The first kappa shape index (κ1) is 26.0. The molecule has 1 heterocycles. The summed E-state index contributed by atoms with van der Waals surface area (Å²) in [6.07, 6.45) is 1.32. The van der Waals surface area contributed by atoms with E-state index >= 15 is 0 Å². The van der Waals surface area contributed by atoms with Crippen molar-refractivity contribution in [2.45, 2.75) is 37.5 Å². The molecular weight excluding hydrogens is 496 g/mol. The van der Waals surface area contributed by atoms with E-state index in [1.807, 2.05) is 17.0 Å². The number of nitrogens with two attached hydrogens (primary N) is 1. The number of hydrogen-bond acceptors (Lipinski definition) is 4. The van der Waals surface area contributed by atoms with Gasteiger partial charge in [-0.05, 0) is 42.3 Å². The number of alkyl halides is 3. The Morgan fingerprint density at radius 3 is 2.75 bits per heavy atom. The van der Waals surface area contributed by atoms with Gasteiger partial charge >= 0.3 is 6.18 Å². The number of benzene rings is 1. The molecule has 2 aliphatic carbocycles. The summed E-state index contributed by atoms with van der Waals surface area (Å²) in [5.41, 5.74) is 7.11. The van der Waals surface area contributed by atoms with Crippen LogP contribution < -0.4 is 5.73 Å². The summed E-state index contributed by atoms with van der Waals surface area (Å²) >= 11 is 6.30. The van der Waals surface area contributed by atoms with E-state index in [0.717, 1.165) is 6.08 Å². The van der Waals surface area contributed by atoms with Crippen molar-refractivity contribution >= 4 is 17.5 Å². The Morgan fingerprint density at radius 1 is 1.28 bits per heavy atom. The lowest BCUT2D eigenvalue weighted by Gasteiger charge is -2.38. The largest absolute Gasteiger partial charge is 0.398 e. The molecule has 0 radical (unpaired) electrons. The average molecular weight is 521 g/mol. The topological polar surface area (TPSA) is 73.4 Å². The molecule has 190 valence electrons. The molecule has 1 fully saturated rings. The number of nitriles is 1. The van der Waals surface area contributed by atoms with Crippen molar-refractivity contribution in [3.8, 4) is 6.07 Å². The van der Waals surface area contributed by atoms with Crippen molar-refractivity contribution in [1.82, 2.24) is 9.80 Å². The summed E-state index contributed by atoms with van der Waals surface area (Å²) < 4.78 is 55.1. The van der Waals surface area contributed by atoms with E-state index in [1.165, 1.54) is 12.1 Å². The first-order chi connectivity index (χ1) is 17.1. The molecule has 0 aromatic heterocycles. The maximum Gasteiger partial charge on any atom is 0.395 e. The zero-order chi connectivity index (χ0) is 26.0. The summed E-state index contributed by atoms with van der Waals surface area (Å²) in [7, 11) is 0. The second kappa shape index (κ2) is 10.5. The maximum atomic E-state index is 13.8. The highest BCUT2D eigenvalue weighted by Gasteiger charge is 2.45. The number of halogens is 5. The molecule has 36 heavy (non-hydrogen) atoms. The van der Waals surface area contributed by atoms with Crippen LogP contribution in [0.4, 0.5) is 17.6 Å². The molecule has 1 aromatic rings. The molecule has 0 saturated carbocycles. The second-order valence-electron chi connectivity index (χ2n) is 9.20. The van der Waals surface area contributed by atoms with Gasteiger partial charge in [-0.25, -0.2) is 4.39 Å². The van der Waals surface area contributed by atoms with Crippen LogP contribution >= 0.6 is 11.6 Å². The van der Waals surface area contributed by atoms with Crippen LogP contribution in [0.3, 0.4) is 0 Å². The molecule has 1 aliphatic heterocycles. The fraction of sp³-hybridized carbons (Fsp3) is 0.385. The number of carbonyl (C=O) groups excluding carboxylic acids is 1. The third-order valence-electron chi connectivity index (χ3n) is 6.87. The van der Waals surface area contributed by atoms with Crippen LogP contribution in [0.15, 0.2) is 70.7 Å². The predicted molar refractivity (Wildman–Crippen MR) is 128 cm³/mol. The number of nitrogens with zero attached hydrogens (tertiary/aromatic N) is 3. The van der Waals surface area contributed by atoms with Crippen molar-refractivity contribution in [3.05, 3.63) is 81.8 Å². The van der Waals surface area contributed by atoms with Crippen LogP contribution in [0.2, 0.25) is 0 Å². The van der Waals surface area contributed by atoms with E-state index in [0.29, 0.717) is 47.8 Å². The van der Waals surface area contributed by atoms with E-state index < -0.39 is 24.3 Å². The minimum absolute atomic E-state index is 0.0519. The second-order valence-corrected chi connectivity index (χ2v) is 9.66. The minimum atomic E-state index is -4.59. The van der Waals surface area contributed by atoms with Crippen molar-refractivity contribution < 1.29 is 22.4 Å². The summed E-state index contributed by atoms with van der Waals surface area (Å²) in [5, 5.41) is 9.55. The normalized spacial score (nSPS) is 24.6. The molecule has 4 rings (SSSR count). The number of carbonyl (C=O) groups is 1. The minimum Gasteiger partial charge on any atom is -0.398 e. The highest BCUT2D eigenvalue weighted by Crippen LogP contribution is 2.40. The zero-order valence-corrected chi connectivity index (χ0v) is 20.1. The van der Waals surface area contributed by atoms with Crippen molar-refractivity contribution in [1.29, 1.82) is 5.26 Å². The van der Waals surface area contributed by atoms with E-state index in [1.54, 1.807) is 29.2 Å². The molecule has 5 nitrogen and oxygen atoms in total. The van der Waals surface area contributed by atoms with E-state index in [9.17, 15) is 22.4 Å². The van der Waals surface area contributed by atoms with E-state index in [-0.39, 0.29) is 30.1 Å². The molecule has 2 N–H and O–H groups in total. The average Bonchev–Trinajstić information content (AvgIpc) is 3.34. The van der Waals surface area contributed by atoms with Crippen molar-refractivity contribution in [3.63, 3.8) is 0 Å². The van der Waals surface area contributed by atoms with Gasteiger partial charge in [0.25, 0.3) is 5.91 Å². The number of hydrogen-bond donors (Lipinski definition) is 1. The fourth-order valence-electron chi connectivity index (χ4n) is 4.93. The SMILES string of the molecule is N#Cc1cccc(C(=O)N2CC[C@H](N(CC3=CC=C(F)CC3C(F)(F)F)C3C=CC(N)=C(Cl)C3)C2)c1. The Kier molecular flexibility index (Phi) is 7.57. The molecule has 3 aliphatic rings. The number of likely N-dealkylation sites (tertiary alicyclic amines) is 1. The number of amides is 1. The molecule has 1 saturated heterocycles. The van der Waals surface area contributed by atoms with Crippen LogP contribution in [0.25, 0.3) is 0 Å². The number of rotatable bonds is 5. The van der Waals surface area contributed by atoms with Crippen LogP contribution in [-0.2, 0) is 0 Å².